The van der Waals surface area contributed by atoms with Crippen molar-refractivity contribution >= 4 is 49.8 Å². The minimum atomic E-state index is -0.0518. The molecule has 9 aromatic rings. The van der Waals surface area contributed by atoms with Crippen molar-refractivity contribution < 1.29 is 4.42 Å². The van der Waals surface area contributed by atoms with Gasteiger partial charge in [0.15, 0.2) is 0 Å². The van der Waals surface area contributed by atoms with Gasteiger partial charge in [-0.15, -0.1) is 0 Å². The lowest BCUT2D eigenvalue weighted by Gasteiger charge is -2.28. The normalized spacial score (nSPS) is 14.6. The number of rotatable bonds is 4. The predicted octanol–water partition coefficient (Wildman–Crippen LogP) is 14.5. The van der Waals surface area contributed by atoms with Crippen LogP contribution in [0.5, 0.6) is 0 Å². The van der Waals surface area contributed by atoms with Crippen molar-refractivity contribution in [3.8, 4) is 33.4 Å². The molecule has 0 radical (unpaired) electrons. The highest BCUT2D eigenvalue weighted by Crippen LogP contribution is 2.53. The van der Waals surface area contributed by atoms with E-state index in [0.717, 1.165) is 55.5 Å². The average Bonchev–Trinajstić information content (AvgIpc) is 3.78. The van der Waals surface area contributed by atoms with Crippen LogP contribution in [-0.4, -0.2) is 0 Å². The number of hydrogen-bond acceptors (Lipinski definition) is 2. The van der Waals surface area contributed by atoms with Crippen molar-refractivity contribution in [3.63, 3.8) is 0 Å². The fourth-order valence-electron chi connectivity index (χ4n) is 9.69. The summed E-state index contributed by atoms with van der Waals surface area (Å²) in [7, 11) is 0. The van der Waals surface area contributed by atoms with Gasteiger partial charge in [-0.2, -0.15) is 0 Å². The zero-order valence-corrected chi connectivity index (χ0v) is 30.9. The fraction of sp³-hybridized carbons (Fsp3) is 0.115. The number of hydrogen-bond donors (Lipinski definition) is 0. The van der Waals surface area contributed by atoms with Gasteiger partial charge in [0.25, 0.3) is 0 Å². The van der Waals surface area contributed by atoms with Crippen LogP contribution in [0.3, 0.4) is 0 Å². The Labute approximate surface area is 315 Å². The van der Waals surface area contributed by atoms with Gasteiger partial charge in [-0.3, -0.25) is 0 Å². The molecule has 1 heterocycles. The number of anilines is 3. The van der Waals surface area contributed by atoms with E-state index in [1.807, 2.05) is 0 Å². The standard InChI is InChI=1S/C52H39NO/c1-51(2)45-18-9-7-14-39(45)43-30-35(25-28-47(43)51)53(36-26-29-48-44(31-36)40-15-8-10-19-46(40)52(48,3)4)34-23-20-33(21-24-34)38-16-11-17-41-42-27-22-32-12-5-6-13-37(32)50(42)54-49(38)41/h5-31H,1-4H3. The molecule has 0 amide bonds. The number of furan rings is 1. The van der Waals surface area contributed by atoms with Crippen molar-refractivity contribution in [1.29, 1.82) is 0 Å². The summed E-state index contributed by atoms with van der Waals surface area (Å²) < 4.78 is 6.73. The molecule has 1 aromatic heterocycles. The van der Waals surface area contributed by atoms with Gasteiger partial charge in [0, 0.05) is 49.6 Å². The molecule has 0 atom stereocenters. The van der Waals surface area contributed by atoms with Gasteiger partial charge in [0.1, 0.15) is 11.2 Å². The third-order valence-electron chi connectivity index (χ3n) is 12.5. The van der Waals surface area contributed by atoms with E-state index in [1.165, 1.54) is 49.9 Å². The van der Waals surface area contributed by atoms with Crippen LogP contribution in [0, 0.1) is 0 Å². The van der Waals surface area contributed by atoms with Crippen LogP contribution in [0.1, 0.15) is 49.9 Å². The zero-order chi connectivity index (χ0) is 36.3. The number of fused-ring (bicyclic) bond motifs is 11. The third-order valence-corrected chi connectivity index (χ3v) is 12.5. The van der Waals surface area contributed by atoms with Gasteiger partial charge >= 0.3 is 0 Å². The maximum Gasteiger partial charge on any atom is 0.143 e. The predicted molar refractivity (Wildman–Crippen MR) is 226 cm³/mol. The highest BCUT2D eigenvalue weighted by Gasteiger charge is 2.37. The molecule has 2 heteroatoms. The van der Waals surface area contributed by atoms with E-state index in [9.17, 15) is 0 Å². The SMILES string of the molecule is CC1(C)c2ccccc2-c2cc(N(c3ccc(-c4cccc5c4oc4c6ccccc6ccc54)cc3)c3ccc4c(c3)-c3ccccc3C4(C)C)ccc21. The first-order valence-electron chi connectivity index (χ1n) is 19.0. The number of benzene rings is 8. The van der Waals surface area contributed by atoms with E-state index >= 15 is 0 Å². The van der Waals surface area contributed by atoms with Gasteiger partial charge < -0.3 is 9.32 Å². The van der Waals surface area contributed by atoms with Crippen LogP contribution >= 0.6 is 0 Å². The van der Waals surface area contributed by atoms with Crippen LogP contribution in [0.4, 0.5) is 17.1 Å². The van der Waals surface area contributed by atoms with Gasteiger partial charge in [0.2, 0.25) is 0 Å². The summed E-state index contributed by atoms with van der Waals surface area (Å²) in [5.41, 5.74) is 18.2. The molecule has 0 aliphatic heterocycles. The van der Waals surface area contributed by atoms with Crippen LogP contribution in [0.2, 0.25) is 0 Å². The highest BCUT2D eigenvalue weighted by atomic mass is 16.3. The Balaban J connectivity index is 1.08. The van der Waals surface area contributed by atoms with Gasteiger partial charge in [-0.25, -0.2) is 0 Å². The van der Waals surface area contributed by atoms with Crippen molar-refractivity contribution in [1.82, 2.24) is 0 Å². The quantitative estimate of drug-likeness (QED) is 0.182. The Morgan fingerprint density at radius 3 is 1.52 bits per heavy atom. The van der Waals surface area contributed by atoms with Crippen LogP contribution in [0.15, 0.2) is 168 Å². The molecule has 8 aromatic carbocycles. The Morgan fingerprint density at radius 2 is 0.870 bits per heavy atom. The zero-order valence-electron chi connectivity index (χ0n) is 30.9. The molecule has 11 rings (SSSR count). The smallest absolute Gasteiger partial charge is 0.143 e. The van der Waals surface area contributed by atoms with E-state index in [-0.39, 0.29) is 10.8 Å². The second-order valence-electron chi connectivity index (χ2n) is 16.1. The minimum absolute atomic E-state index is 0.0518. The highest BCUT2D eigenvalue weighted by molar-refractivity contribution is 6.17. The summed E-state index contributed by atoms with van der Waals surface area (Å²) in [5, 5.41) is 4.62. The number of nitrogens with zero attached hydrogens (tertiary/aromatic N) is 1. The molecule has 2 nitrogen and oxygen atoms in total. The maximum atomic E-state index is 6.73. The summed E-state index contributed by atoms with van der Waals surface area (Å²) in [4.78, 5) is 2.43. The molecule has 0 bridgehead atoms. The second-order valence-corrected chi connectivity index (χ2v) is 16.1. The summed E-state index contributed by atoms with van der Waals surface area (Å²) in [6, 6.07) is 60.3. The lowest BCUT2D eigenvalue weighted by atomic mass is 9.82. The van der Waals surface area contributed by atoms with E-state index in [1.54, 1.807) is 0 Å². The van der Waals surface area contributed by atoms with Crippen LogP contribution in [0.25, 0.3) is 66.1 Å². The Bertz CT molecular complexity index is 2890. The second kappa shape index (κ2) is 11.1. The third kappa shape index (κ3) is 4.28. The molecule has 2 aliphatic rings. The monoisotopic (exact) mass is 693 g/mol. The molecule has 0 N–H and O–H groups in total. The van der Waals surface area contributed by atoms with Gasteiger partial charge in [0.05, 0.1) is 0 Å². The van der Waals surface area contributed by atoms with E-state index in [4.69, 9.17) is 4.42 Å². The first-order valence-corrected chi connectivity index (χ1v) is 19.0. The summed E-state index contributed by atoms with van der Waals surface area (Å²) in [6.45, 7) is 9.38. The van der Waals surface area contributed by atoms with Gasteiger partial charge in [-0.05, 0) is 97.9 Å². The summed E-state index contributed by atoms with van der Waals surface area (Å²) in [6.07, 6.45) is 0. The Kier molecular flexibility index (Phi) is 6.39. The van der Waals surface area contributed by atoms with Gasteiger partial charge in [-0.1, -0.05) is 149 Å². The Hall–Kier alpha value is -6.38. The topological polar surface area (TPSA) is 16.4 Å². The Morgan fingerprint density at radius 1 is 0.370 bits per heavy atom. The van der Waals surface area contributed by atoms with Crippen molar-refractivity contribution in [3.05, 3.63) is 186 Å². The first-order chi connectivity index (χ1) is 26.3. The van der Waals surface area contributed by atoms with Crippen molar-refractivity contribution in [2.45, 2.75) is 38.5 Å². The summed E-state index contributed by atoms with van der Waals surface area (Å²) in [5.74, 6) is 0. The van der Waals surface area contributed by atoms with E-state index in [2.05, 4.69) is 196 Å². The van der Waals surface area contributed by atoms with E-state index in [0.29, 0.717) is 0 Å². The number of para-hydroxylation sites is 1. The molecule has 0 fully saturated rings. The fourth-order valence-corrected chi connectivity index (χ4v) is 9.69. The maximum absolute atomic E-state index is 6.73. The van der Waals surface area contributed by atoms with Crippen LogP contribution < -0.4 is 4.90 Å². The summed E-state index contributed by atoms with van der Waals surface area (Å²) >= 11 is 0. The average molecular weight is 694 g/mol. The molecular formula is C52H39NO. The van der Waals surface area contributed by atoms with Crippen LogP contribution in [-0.2, 0) is 10.8 Å². The molecule has 0 unspecified atom stereocenters. The molecule has 2 aliphatic carbocycles. The van der Waals surface area contributed by atoms with Crippen molar-refractivity contribution in [2.24, 2.45) is 0 Å². The molecule has 0 spiro atoms. The molecule has 54 heavy (non-hydrogen) atoms. The molecule has 0 saturated carbocycles. The molecular weight excluding hydrogens is 655 g/mol. The largest absolute Gasteiger partial charge is 0.455 e. The van der Waals surface area contributed by atoms with Crippen molar-refractivity contribution in [2.75, 3.05) is 4.90 Å². The molecule has 0 saturated heterocycles. The molecule has 258 valence electrons. The van der Waals surface area contributed by atoms with E-state index < -0.39 is 0 Å². The lowest BCUT2D eigenvalue weighted by molar-refractivity contribution is 0.660. The lowest BCUT2D eigenvalue weighted by Crippen LogP contribution is -2.16. The minimum Gasteiger partial charge on any atom is -0.455 e. The first kappa shape index (κ1) is 31.2.